The smallest absolute Gasteiger partial charge is 0.243 e. The second-order valence-electron chi connectivity index (χ2n) is 8.36. The summed E-state index contributed by atoms with van der Waals surface area (Å²) in [5.74, 6) is 0. The number of hydrogen-bond donors (Lipinski definition) is 0. The van der Waals surface area contributed by atoms with Crippen LogP contribution in [0.2, 0.25) is 0 Å². The maximum atomic E-state index is 13.1. The quantitative estimate of drug-likeness (QED) is 0.641. The first-order valence-electron chi connectivity index (χ1n) is 10.5. The van der Waals surface area contributed by atoms with Crippen LogP contribution in [0, 0.1) is 6.92 Å². The minimum Gasteiger partial charge on any atom is -0.293 e. The normalized spacial score (nSPS) is 18.0. The highest BCUT2D eigenvalue weighted by atomic mass is 32.2. The summed E-state index contributed by atoms with van der Waals surface area (Å²) in [7, 11) is -3.43. The van der Waals surface area contributed by atoms with Crippen LogP contribution in [0.1, 0.15) is 16.7 Å². The maximum absolute atomic E-state index is 13.1. The van der Waals surface area contributed by atoms with Crippen molar-refractivity contribution in [2.24, 2.45) is 0 Å². The van der Waals surface area contributed by atoms with E-state index in [4.69, 9.17) is 0 Å². The second-order valence-corrected chi connectivity index (χ2v) is 10.3. The molecule has 4 nitrogen and oxygen atoms in total. The van der Waals surface area contributed by atoms with Crippen LogP contribution >= 0.6 is 0 Å². The zero-order valence-corrected chi connectivity index (χ0v) is 18.0. The third-order valence-electron chi connectivity index (χ3n) is 6.35. The van der Waals surface area contributed by atoms with Crippen molar-refractivity contribution in [3.63, 3.8) is 0 Å². The van der Waals surface area contributed by atoms with Gasteiger partial charge >= 0.3 is 0 Å². The third-order valence-corrected chi connectivity index (χ3v) is 8.19. The molecule has 3 aromatic rings. The predicted octanol–water partition coefficient (Wildman–Crippen LogP) is 4.09. The minimum absolute atomic E-state index is 0.305. The molecular weight excluding hydrogens is 392 g/mol. The molecule has 0 aromatic heterocycles. The SMILES string of the molecule is Cc1cccc(-c2ccc(S(=O)(=O)N3CC(N4CCc5ccccc5C4)C3)cc2)c1. The first-order chi connectivity index (χ1) is 14.5. The number of rotatable bonds is 4. The van der Waals surface area contributed by atoms with E-state index in [1.807, 2.05) is 24.3 Å². The number of fused-ring (bicyclic) bond motifs is 1. The molecule has 0 atom stereocenters. The summed E-state index contributed by atoms with van der Waals surface area (Å²) in [6.45, 7) is 5.12. The van der Waals surface area contributed by atoms with E-state index in [1.165, 1.54) is 16.7 Å². The van der Waals surface area contributed by atoms with E-state index in [0.717, 1.165) is 30.6 Å². The summed E-state index contributed by atoms with van der Waals surface area (Å²) in [4.78, 5) is 2.80. The van der Waals surface area contributed by atoms with Crippen molar-refractivity contribution in [1.29, 1.82) is 0 Å². The highest BCUT2D eigenvalue weighted by Crippen LogP contribution is 2.29. The topological polar surface area (TPSA) is 40.6 Å². The van der Waals surface area contributed by atoms with Gasteiger partial charge < -0.3 is 0 Å². The van der Waals surface area contributed by atoms with Gasteiger partial charge in [0.2, 0.25) is 10.0 Å². The summed E-state index contributed by atoms with van der Waals surface area (Å²) in [5, 5.41) is 0. The molecule has 0 saturated carbocycles. The monoisotopic (exact) mass is 418 g/mol. The van der Waals surface area contributed by atoms with Crippen LogP contribution in [0.15, 0.2) is 77.7 Å². The molecule has 0 unspecified atom stereocenters. The average molecular weight is 419 g/mol. The molecule has 0 amide bonds. The molecule has 3 aromatic carbocycles. The predicted molar refractivity (Wildman–Crippen MR) is 120 cm³/mol. The fourth-order valence-electron chi connectivity index (χ4n) is 4.47. The van der Waals surface area contributed by atoms with Gasteiger partial charge in [-0.3, -0.25) is 4.90 Å². The highest BCUT2D eigenvalue weighted by Gasteiger charge is 2.40. The Hall–Kier alpha value is -2.47. The summed E-state index contributed by atoms with van der Waals surface area (Å²) < 4.78 is 27.7. The van der Waals surface area contributed by atoms with Crippen LogP contribution in [0.25, 0.3) is 11.1 Å². The van der Waals surface area contributed by atoms with Crippen molar-refractivity contribution in [2.75, 3.05) is 19.6 Å². The van der Waals surface area contributed by atoms with Crippen molar-refractivity contribution in [3.05, 3.63) is 89.5 Å². The molecule has 0 aliphatic carbocycles. The van der Waals surface area contributed by atoms with Gasteiger partial charge in [0.25, 0.3) is 0 Å². The minimum atomic E-state index is -3.43. The summed E-state index contributed by atoms with van der Waals surface area (Å²) >= 11 is 0. The van der Waals surface area contributed by atoms with Gasteiger partial charge in [-0.25, -0.2) is 8.42 Å². The van der Waals surface area contributed by atoms with Crippen molar-refractivity contribution < 1.29 is 8.42 Å². The van der Waals surface area contributed by atoms with E-state index < -0.39 is 10.0 Å². The fraction of sp³-hybridized carbons (Fsp3) is 0.280. The summed E-state index contributed by atoms with van der Waals surface area (Å²) in [6, 6.07) is 24.4. The Morgan fingerprint density at radius 3 is 2.30 bits per heavy atom. The number of aryl methyl sites for hydroxylation is 1. The van der Waals surface area contributed by atoms with Crippen molar-refractivity contribution in [3.8, 4) is 11.1 Å². The van der Waals surface area contributed by atoms with E-state index in [0.29, 0.717) is 24.0 Å². The Kier molecular flexibility index (Phi) is 4.97. The van der Waals surface area contributed by atoms with Gasteiger partial charge in [0.05, 0.1) is 4.90 Å². The molecule has 5 heteroatoms. The lowest BCUT2D eigenvalue weighted by atomic mass is 9.97. The van der Waals surface area contributed by atoms with Crippen molar-refractivity contribution in [1.82, 2.24) is 9.21 Å². The Morgan fingerprint density at radius 1 is 0.833 bits per heavy atom. The molecule has 5 rings (SSSR count). The maximum Gasteiger partial charge on any atom is 0.243 e. The molecule has 0 spiro atoms. The van der Waals surface area contributed by atoms with E-state index in [9.17, 15) is 8.42 Å². The van der Waals surface area contributed by atoms with Gasteiger partial charge in [-0.1, -0.05) is 66.2 Å². The standard InChI is InChI=1S/C25H26N2O2S/c1-19-5-4-8-22(15-19)21-9-11-25(12-10-21)30(28,29)27-17-24(18-27)26-14-13-20-6-2-3-7-23(20)16-26/h2-12,15,24H,13-14,16-18H2,1H3. The molecule has 0 bridgehead atoms. The number of sulfonamides is 1. The van der Waals surface area contributed by atoms with Crippen LogP contribution in [0.5, 0.6) is 0 Å². The van der Waals surface area contributed by atoms with Crippen LogP contribution in [0.4, 0.5) is 0 Å². The molecule has 0 radical (unpaired) electrons. The zero-order chi connectivity index (χ0) is 20.7. The van der Waals surface area contributed by atoms with Gasteiger partial charge in [0.15, 0.2) is 0 Å². The molecule has 154 valence electrons. The Morgan fingerprint density at radius 2 is 1.57 bits per heavy atom. The third kappa shape index (κ3) is 3.58. The van der Waals surface area contributed by atoms with Crippen LogP contribution in [-0.4, -0.2) is 43.3 Å². The molecule has 2 aliphatic heterocycles. The van der Waals surface area contributed by atoms with E-state index >= 15 is 0 Å². The summed E-state index contributed by atoms with van der Waals surface area (Å²) in [5.41, 5.74) is 6.12. The largest absolute Gasteiger partial charge is 0.293 e. The van der Waals surface area contributed by atoms with Gasteiger partial charge in [0.1, 0.15) is 0 Å². The van der Waals surface area contributed by atoms with Crippen LogP contribution < -0.4 is 0 Å². The first-order valence-corrected chi connectivity index (χ1v) is 11.9. The average Bonchev–Trinajstić information content (AvgIpc) is 2.72. The molecule has 1 fully saturated rings. The lowest BCUT2D eigenvalue weighted by Crippen LogP contribution is -2.61. The van der Waals surface area contributed by atoms with Crippen LogP contribution in [-0.2, 0) is 23.0 Å². The number of hydrogen-bond acceptors (Lipinski definition) is 3. The highest BCUT2D eigenvalue weighted by molar-refractivity contribution is 7.89. The fourth-order valence-corrected chi connectivity index (χ4v) is 5.98. The summed E-state index contributed by atoms with van der Waals surface area (Å²) in [6.07, 6.45) is 1.04. The van der Waals surface area contributed by atoms with Gasteiger partial charge in [-0.15, -0.1) is 0 Å². The Balaban J connectivity index is 1.26. The molecule has 30 heavy (non-hydrogen) atoms. The second kappa shape index (κ2) is 7.65. The molecule has 1 saturated heterocycles. The number of benzene rings is 3. The van der Waals surface area contributed by atoms with Gasteiger partial charge in [-0.2, -0.15) is 4.31 Å². The molecular formula is C25H26N2O2S. The molecule has 0 N–H and O–H groups in total. The van der Waals surface area contributed by atoms with E-state index in [-0.39, 0.29) is 0 Å². The van der Waals surface area contributed by atoms with Crippen molar-refractivity contribution >= 4 is 10.0 Å². The zero-order valence-electron chi connectivity index (χ0n) is 17.2. The van der Waals surface area contributed by atoms with Crippen molar-refractivity contribution in [2.45, 2.75) is 30.8 Å². The van der Waals surface area contributed by atoms with Gasteiger partial charge in [0, 0.05) is 32.2 Å². The first kappa shape index (κ1) is 19.5. The van der Waals surface area contributed by atoms with E-state index in [1.54, 1.807) is 16.4 Å². The number of nitrogens with zero attached hydrogens (tertiary/aromatic N) is 2. The van der Waals surface area contributed by atoms with E-state index in [2.05, 4.69) is 48.2 Å². The lowest BCUT2D eigenvalue weighted by Gasteiger charge is -2.46. The van der Waals surface area contributed by atoms with Crippen LogP contribution in [0.3, 0.4) is 0 Å². The molecule has 2 heterocycles. The van der Waals surface area contributed by atoms with Gasteiger partial charge in [-0.05, 0) is 47.7 Å². The molecule has 2 aliphatic rings. The lowest BCUT2D eigenvalue weighted by molar-refractivity contribution is 0.0769. The Bertz CT molecular complexity index is 1170. The Labute approximate surface area is 178 Å².